The molecular weight excluding hydrogens is 262 g/mol. The Bertz CT molecular complexity index is 519. The number of rotatable bonds is 5. The molecule has 21 heavy (non-hydrogen) atoms. The lowest BCUT2D eigenvalue weighted by atomic mass is 10.1. The van der Waals surface area contributed by atoms with Crippen LogP contribution >= 0.6 is 0 Å². The Balaban J connectivity index is 1.32. The van der Waals surface area contributed by atoms with Crippen LogP contribution in [-0.2, 0) is 0 Å². The number of carbonyl (C=O) groups excluding carboxylic acids is 1. The molecule has 0 bridgehead atoms. The number of likely N-dealkylation sites (tertiary alicyclic amines) is 1. The summed E-state index contributed by atoms with van der Waals surface area (Å²) in [4.78, 5) is 14.5. The van der Waals surface area contributed by atoms with E-state index in [0.29, 0.717) is 12.1 Å². The largest absolute Gasteiger partial charge is 0.381 e. The number of benzene rings is 1. The smallest absolute Gasteiger partial charge is 0.251 e. The minimum atomic E-state index is 0.0600. The quantitative estimate of drug-likeness (QED) is 0.872. The van der Waals surface area contributed by atoms with Gasteiger partial charge in [0.1, 0.15) is 0 Å². The Morgan fingerprint density at radius 2 is 1.76 bits per heavy atom. The Kier molecular flexibility index (Phi) is 3.34. The number of hydrogen-bond acceptors (Lipinski definition) is 3. The van der Waals surface area contributed by atoms with E-state index in [0.717, 1.165) is 36.7 Å². The van der Waals surface area contributed by atoms with E-state index in [2.05, 4.69) is 15.5 Å². The molecule has 1 aromatic rings. The minimum absolute atomic E-state index is 0.0600. The van der Waals surface area contributed by atoms with Crippen molar-refractivity contribution in [3.63, 3.8) is 0 Å². The van der Waals surface area contributed by atoms with E-state index in [9.17, 15) is 4.79 Å². The summed E-state index contributed by atoms with van der Waals surface area (Å²) in [7, 11) is 0. The predicted molar refractivity (Wildman–Crippen MR) is 83.6 cm³/mol. The Morgan fingerprint density at radius 3 is 2.43 bits per heavy atom. The van der Waals surface area contributed by atoms with E-state index in [-0.39, 0.29) is 5.91 Å². The molecule has 3 fully saturated rings. The maximum absolute atomic E-state index is 11.9. The normalized spacial score (nSPS) is 25.8. The van der Waals surface area contributed by atoms with Crippen LogP contribution in [0.4, 0.5) is 5.69 Å². The summed E-state index contributed by atoms with van der Waals surface area (Å²) < 4.78 is 0. The standard InChI is InChI=1S/C17H23N3O/c21-17(19-14-5-6-14)12-1-3-13(4-2-12)18-15-9-10-20(11-15)16-7-8-16/h1-4,14-16,18H,5-11H2,(H,19,21). The molecule has 1 atom stereocenters. The van der Waals surface area contributed by atoms with E-state index in [4.69, 9.17) is 0 Å². The molecule has 2 aliphatic carbocycles. The predicted octanol–water partition coefficient (Wildman–Crippen LogP) is 2.23. The molecule has 2 N–H and O–H groups in total. The summed E-state index contributed by atoms with van der Waals surface area (Å²) in [5.74, 6) is 0.0600. The summed E-state index contributed by atoms with van der Waals surface area (Å²) in [5, 5.41) is 6.62. The lowest BCUT2D eigenvalue weighted by Crippen LogP contribution is -2.27. The van der Waals surface area contributed by atoms with E-state index in [1.54, 1.807) is 0 Å². The lowest BCUT2D eigenvalue weighted by molar-refractivity contribution is 0.0951. The first-order valence-corrected chi connectivity index (χ1v) is 8.19. The monoisotopic (exact) mass is 285 g/mol. The zero-order valence-electron chi connectivity index (χ0n) is 12.3. The van der Waals surface area contributed by atoms with Crippen LogP contribution in [0.1, 0.15) is 42.5 Å². The zero-order chi connectivity index (χ0) is 14.2. The van der Waals surface area contributed by atoms with Gasteiger partial charge in [0.2, 0.25) is 0 Å². The second-order valence-corrected chi connectivity index (χ2v) is 6.68. The molecule has 1 unspecified atom stereocenters. The first-order valence-electron chi connectivity index (χ1n) is 8.19. The molecule has 1 heterocycles. The second kappa shape index (κ2) is 5.34. The molecule has 1 saturated heterocycles. The molecule has 4 rings (SSSR count). The van der Waals surface area contributed by atoms with Gasteiger partial charge in [0, 0.05) is 42.5 Å². The van der Waals surface area contributed by atoms with Gasteiger partial charge in [0.15, 0.2) is 0 Å². The molecule has 0 spiro atoms. The number of anilines is 1. The minimum Gasteiger partial charge on any atom is -0.381 e. The molecule has 3 aliphatic rings. The van der Waals surface area contributed by atoms with Gasteiger partial charge in [-0.15, -0.1) is 0 Å². The third-order valence-electron chi connectivity index (χ3n) is 4.71. The van der Waals surface area contributed by atoms with Crippen molar-refractivity contribution < 1.29 is 4.79 Å². The SMILES string of the molecule is O=C(NC1CC1)c1ccc(NC2CCN(C3CC3)C2)cc1. The average Bonchev–Trinajstić information content (AvgIpc) is 3.41. The summed E-state index contributed by atoms with van der Waals surface area (Å²) in [6.07, 6.45) is 6.25. The van der Waals surface area contributed by atoms with Crippen molar-refractivity contribution in [1.29, 1.82) is 0 Å². The van der Waals surface area contributed by atoms with Crippen molar-refractivity contribution in [2.75, 3.05) is 18.4 Å². The third-order valence-corrected chi connectivity index (χ3v) is 4.71. The molecule has 0 aromatic heterocycles. The second-order valence-electron chi connectivity index (χ2n) is 6.68. The van der Waals surface area contributed by atoms with Gasteiger partial charge in [-0.1, -0.05) is 0 Å². The van der Waals surface area contributed by atoms with Crippen LogP contribution in [-0.4, -0.2) is 42.0 Å². The van der Waals surface area contributed by atoms with Gasteiger partial charge >= 0.3 is 0 Å². The molecule has 4 heteroatoms. The van der Waals surface area contributed by atoms with E-state index in [1.165, 1.54) is 25.8 Å². The van der Waals surface area contributed by atoms with Crippen molar-refractivity contribution in [3.05, 3.63) is 29.8 Å². The Labute approximate surface area is 125 Å². The van der Waals surface area contributed by atoms with Crippen LogP contribution in [0.2, 0.25) is 0 Å². The van der Waals surface area contributed by atoms with Gasteiger partial charge in [-0.25, -0.2) is 0 Å². The van der Waals surface area contributed by atoms with Crippen molar-refractivity contribution in [2.45, 2.75) is 50.2 Å². The summed E-state index contributed by atoms with van der Waals surface area (Å²) in [5.41, 5.74) is 1.89. The van der Waals surface area contributed by atoms with Gasteiger partial charge in [-0.05, 0) is 56.4 Å². The molecule has 4 nitrogen and oxygen atoms in total. The van der Waals surface area contributed by atoms with E-state index < -0.39 is 0 Å². The fourth-order valence-electron chi connectivity index (χ4n) is 3.13. The number of carbonyl (C=O) groups is 1. The Hall–Kier alpha value is -1.55. The topological polar surface area (TPSA) is 44.4 Å². The first kappa shape index (κ1) is 13.1. The van der Waals surface area contributed by atoms with Crippen LogP contribution in [0.3, 0.4) is 0 Å². The number of hydrogen-bond donors (Lipinski definition) is 2. The number of amides is 1. The molecule has 112 valence electrons. The zero-order valence-corrected chi connectivity index (χ0v) is 12.3. The molecule has 1 aliphatic heterocycles. The lowest BCUT2D eigenvalue weighted by Gasteiger charge is -2.16. The molecule has 1 aromatic carbocycles. The van der Waals surface area contributed by atoms with Gasteiger partial charge in [0.05, 0.1) is 0 Å². The van der Waals surface area contributed by atoms with Crippen molar-refractivity contribution in [1.82, 2.24) is 10.2 Å². The van der Waals surface area contributed by atoms with Crippen molar-refractivity contribution in [3.8, 4) is 0 Å². The van der Waals surface area contributed by atoms with Crippen LogP contribution < -0.4 is 10.6 Å². The Morgan fingerprint density at radius 1 is 1.00 bits per heavy atom. The molecule has 0 radical (unpaired) electrons. The van der Waals surface area contributed by atoms with Gasteiger partial charge in [0.25, 0.3) is 5.91 Å². The highest BCUT2D eigenvalue weighted by atomic mass is 16.1. The van der Waals surface area contributed by atoms with Crippen LogP contribution in [0.25, 0.3) is 0 Å². The van der Waals surface area contributed by atoms with Crippen molar-refractivity contribution >= 4 is 11.6 Å². The van der Waals surface area contributed by atoms with Crippen molar-refractivity contribution in [2.24, 2.45) is 0 Å². The fraction of sp³-hybridized carbons (Fsp3) is 0.588. The molecular formula is C17H23N3O. The van der Waals surface area contributed by atoms with Crippen LogP contribution in [0.5, 0.6) is 0 Å². The molecule has 2 saturated carbocycles. The van der Waals surface area contributed by atoms with E-state index >= 15 is 0 Å². The summed E-state index contributed by atoms with van der Waals surface area (Å²) in [6, 6.07) is 9.74. The highest BCUT2D eigenvalue weighted by molar-refractivity contribution is 5.94. The van der Waals surface area contributed by atoms with Gasteiger partial charge in [-0.2, -0.15) is 0 Å². The fourth-order valence-corrected chi connectivity index (χ4v) is 3.13. The highest BCUT2D eigenvalue weighted by Crippen LogP contribution is 2.30. The number of nitrogens with zero attached hydrogens (tertiary/aromatic N) is 1. The maximum Gasteiger partial charge on any atom is 0.251 e. The first-order chi connectivity index (χ1) is 10.3. The van der Waals surface area contributed by atoms with Crippen LogP contribution in [0, 0.1) is 0 Å². The average molecular weight is 285 g/mol. The van der Waals surface area contributed by atoms with E-state index in [1.807, 2.05) is 24.3 Å². The van der Waals surface area contributed by atoms with Gasteiger partial charge in [-0.3, -0.25) is 9.69 Å². The van der Waals surface area contributed by atoms with Gasteiger partial charge < -0.3 is 10.6 Å². The highest BCUT2D eigenvalue weighted by Gasteiger charge is 2.34. The summed E-state index contributed by atoms with van der Waals surface area (Å²) >= 11 is 0. The van der Waals surface area contributed by atoms with Crippen LogP contribution in [0.15, 0.2) is 24.3 Å². The number of nitrogens with one attached hydrogen (secondary N) is 2. The third kappa shape index (κ3) is 3.21. The summed E-state index contributed by atoms with van der Waals surface area (Å²) in [6.45, 7) is 2.39. The maximum atomic E-state index is 11.9. The molecule has 1 amide bonds.